The summed E-state index contributed by atoms with van der Waals surface area (Å²) in [5, 5.41) is 13.3. The zero-order valence-corrected chi connectivity index (χ0v) is 17.9. The first-order chi connectivity index (χ1) is 14.3. The van der Waals surface area contributed by atoms with Gasteiger partial charge in [-0.2, -0.15) is 31.7 Å². The summed E-state index contributed by atoms with van der Waals surface area (Å²) in [4.78, 5) is 8.50. The van der Waals surface area contributed by atoms with Gasteiger partial charge in [-0.15, -0.1) is 0 Å². The van der Waals surface area contributed by atoms with E-state index >= 15 is 0 Å². The monoisotopic (exact) mass is 454 g/mol. The van der Waals surface area contributed by atoms with Gasteiger partial charge in [-0.3, -0.25) is 0 Å². The molecular formula is C21H25F3N4O2S. The topological polar surface area (TPSA) is 93.3 Å². The molecule has 0 amide bonds. The molecule has 0 spiro atoms. The molecule has 2 aromatic carbocycles. The number of benzene rings is 2. The maximum absolute atomic E-state index is 12.7. The fourth-order valence-electron chi connectivity index (χ4n) is 3.13. The lowest BCUT2D eigenvalue weighted by molar-refractivity contribution is -0.137. The summed E-state index contributed by atoms with van der Waals surface area (Å²) in [6.45, 7) is 2.09. The largest absolute Gasteiger partial charge is 0.457 e. The van der Waals surface area contributed by atoms with Crippen LogP contribution in [-0.2, 0) is 6.18 Å². The van der Waals surface area contributed by atoms with Crippen molar-refractivity contribution in [1.29, 1.82) is 0 Å². The predicted octanol–water partition coefficient (Wildman–Crippen LogP) is 5.10. The van der Waals surface area contributed by atoms with E-state index < -0.39 is 11.7 Å². The number of fused-ring (bicyclic) bond motifs is 1. The van der Waals surface area contributed by atoms with Gasteiger partial charge in [0.2, 0.25) is 5.95 Å². The molecule has 3 rings (SSSR count). The molecular weight excluding hydrogens is 429 g/mol. The van der Waals surface area contributed by atoms with Gasteiger partial charge in [-0.25, -0.2) is 4.98 Å². The van der Waals surface area contributed by atoms with E-state index in [4.69, 9.17) is 10.5 Å². The van der Waals surface area contributed by atoms with E-state index in [1.165, 1.54) is 12.1 Å². The zero-order valence-electron chi connectivity index (χ0n) is 16.9. The molecule has 0 aliphatic carbocycles. The number of anilines is 2. The average molecular weight is 455 g/mol. The fourth-order valence-corrected chi connectivity index (χ4v) is 3.13. The molecule has 0 radical (unpaired) electrons. The van der Waals surface area contributed by atoms with Gasteiger partial charge in [-0.1, -0.05) is 13.3 Å². The molecule has 1 heterocycles. The van der Waals surface area contributed by atoms with Crippen molar-refractivity contribution in [3.8, 4) is 11.5 Å². The Morgan fingerprint density at radius 2 is 1.74 bits per heavy atom. The number of hydrogen-bond donors (Lipinski definition) is 3. The predicted molar refractivity (Wildman–Crippen MR) is 120 cm³/mol. The summed E-state index contributed by atoms with van der Waals surface area (Å²) in [5.74, 6) is 1.33. The smallest absolute Gasteiger partial charge is 0.416 e. The van der Waals surface area contributed by atoms with Crippen molar-refractivity contribution >= 4 is 36.2 Å². The van der Waals surface area contributed by atoms with Gasteiger partial charge in [0.1, 0.15) is 17.3 Å². The Balaban J connectivity index is 0.00000341. The van der Waals surface area contributed by atoms with Crippen LogP contribution in [0.25, 0.3) is 10.9 Å². The van der Waals surface area contributed by atoms with Crippen molar-refractivity contribution in [2.75, 3.05) is 17.7 Å². The van der Waals surface area contributed by atoms with E-state index in [0.717, 1.165) is 25.0 Å². The quantitative estimate of drug-likeness (QED) is 0.439. The molecule has 31 heavy (non-hydrogen) atoms. The van der Waals surface area contributed by atoms with E-state index in [1.807, 2.05) is 0 Å². The molecule has 1 aromatic heterocycles. The molecule has 3 aromatic rings. The van der Waals surface area contributed by atoms with Gasteiger partial charge in [-0.05, 0) is 55.3 Å². The van der Waals surface area contributed by atoms with Crippen LogP contribution in [0.4, 0.5) is 24.9 Å². The Labute approximate surface area is 185 Å². The molecule has 0 unspecified atom stereocenters. The number of alkyl halides is 3. The minimum atomic E-state index is -4.40. The molecule has 0 aliphatic rings. The Bertz CT molecular complexity index is 994. The van der Waals surface area contributed by atoms with Crippen molar-refractivity contribution in [1.82, 2.24) is 9.97 Å². The number of nitrogens with two attached hydrogens (primary N) is 1. The van der Waals surface area contributed by atoms with Crippen LogP contribution < -0.4 is 15.8 Å². The number of aliphatic hydroxyl groups is 1. The molecule has 168 valence electrons. The van der Waals surface area contributed by atoms with Crippen LogP contribution in [0.3, 0.4) is 0 Å². The van der Waals surface area contributed by atoms with Gasteiger partial charge in [0.25, 0.3) is 0 Å². The highest BCUT2D eigenvalue weighted by molar-refractivity contribution is 7.59. The van der Waals surface area contributed by atoms with Crippen LogP contribution in [0.1, 0.15) is 31.7 Å². The molecule has 0 aliphatic heterocycles. The molecule has 0 fully saturated rings. The molecule has 6 nitrogen and oxygen atoms in total. The highest BCUT2D eigenvalue weighted by Crippen LogP contribution is 2.33. The molecule has 1 atom stereocenters. The summed E-state index contributed by atoms with van der Waals surface area (Å²) >= 11 is 0. The van der Waals surface area contributed by atoms with Crippen LogP contribution in [-0.4, -0.2) is 27.7 Å². The highest BCUT2D eigenvalue weighted by atomic mass is 32.1. The SMILES string of the molecule is CCC[C@@H](CCO)Nc1nc(N)nc2ccc(Oc3ccc(C(F)(F)F)cc3)cc12.S. The van der Waals surface area contributed by atoms with Crippen LogP contribution in [0.2, 0.25) is 0 Å². The summed E-state index contributed by atoms with van der Waals surface area (Å²) in [6.07, 6.45) is -2.07. The van der Waals surface area contributed by atoms with Gasteiger partial charge in [0.15, 0.2) is 0 Å². The second-order valence-corrected chi connectivity index (χ2v) is 6.88. The molecule has 0 bridgehead atoms. The summed E-state index contributed by atoms with van der Waals surface area (Å²) < 4.78 is 43.9. The molecule has 0 saturated heterocycles. The van der Waals surface area contributed by atoms with Crippen molar-refractivity contribution in [3.63, 3.8) is 0 Å². The van der Waals surface area contributed by atoms with E-state index in [9.17, 15) is 18.3 Å². The second-order valence-electron chi connectivity index (χ2n) is 6.88. The maximum Gasteiger partial charge on any atom is 0.416 e. The van der Waals surface area contributed by atoms with E-state index in [0.29, 0.717) is 28.9 Å². The molecule has 10 heteroatoms. The lowest BCUT2D eigenvalue weighted by Gasteiger charge is -2.19. The van der Waals surface area contributed by atoms with Gasteiger partial charge in [0, 0.05) is 18.0 Å². The number of hydrogen-bond acceptors (Lipinski definition) is 6. The van der Waals surface area contributed by atoms with E-state index in [1.54, 1.807) is 18.2 Å². The number of rotatable bonds is 8. The maximum atomic E-state index is 12.7. The number of nitrogen functional groups attached to an aromatic ring is 1. The standard InChI is InChI=1S/C21H23F3N4O2.H2S/c1-2-3-14(10-11-29)26-19-17-12-16(8-9-18(17)27-20(25)28-19)30-15-6-4-13(5-7-15)21(22,23)24;/h4-9,12,14,29H,2-3,10-11H2,1H3,(H3,25,26,27,28);1H2/t14-;/m0./s1. The first-order valence-corrected chi connectivity index (χ1v) is 9.60. The molecule has 4 N–H and O–H groups in total. The third-order valence-electron chi connectivity index (χ3n) is 4.56. The third-order valence-corrected chi connectivity index (χ3v) is 4.56. The number of halogens is 3. The second kappa shape index (κ2) is 10.5. The van der Waals surface area contributed by atoms with Crippen LogP contribution in [0.5, 0.6) is 11.5 Å². The highest BCUT2D eigenvalue weighted by Gasteiger charge is 2.30. The summed E-state index contributed by atoms with van der Waals surface area (Å²) in [7, 11) is 0. The molecule has 0 saturated carbocycles. The number of nitrogens with zero attached hydrogens (tertiary/aromatic N) is 2. The van der Waals surface area contributed by atoms with Gasteiger partial charge < -0.3 is 20.9 Å². The van der Waals surface area contributed by atoms with E-state index in [2.05, 4.69) is 22.2 Å². The first-order valence-electron chi connectivity index (χ1n) is 9.60. The Morgan fingerprint density at radius 3 is 2.35 bits per heavy atom. The number of nitrogens with one attached hydrogen (secondary N) is 1. The Morgan fingerprint density at radius 1 is 1.06 bits per heavy atom. The van der Waals surface area contributed by atoms with E-state index in [-0.39, 0.29) is 37.8 Å². The number of aromatic nitrogens is 2. The lowest BCUT2D eigenvalue weighted by Crippen LogP contribution is -2.22. The summed E-state index contributed by atoms with van der Waals surface area (Å²) in [6, 6.07) is 9.56. The first kappa shape index (κ1) is 24.5. The van der Waals surface area contributed by atoms with Crippen LogP contribution in [0, 0.1) is 0 Å². The van der Waals surface area contributed by atoms with Crippen molar-refractivity contribution in [3.05, 3.63) is 48.0 Å². The average Bonchev–Trinajstić information content (AvgIpc) is 2.68. The van der Waals surface area contributed by atoms with Crippen molar-refractivity contribution < 1.29 is 23.0 Å². The zero-order chi connectivity index (χ0) is 21.7. The third kappa shape index (κ3) is 6.38. The lowest BCUT2D eigenvalue weighted by atomic mass is 10.1. The van der Waals surface area contributed by atoms with Crippen LogP contribution in [0.15, 0.2) is 42.5 Å². The summed E-state index contributed by atoms with van der Waals surface area (Å²) in [5.41, 5.74) is 5.68. The number of aliphatic hydroxyl groups excluding tert-OH is 1. The minimum Gasteiger partial charge on any atom is -0.457 e. The Kier molecular flexibility index (Phi) is 8.35. The fraction of sp³-hybridized carbons (Fsp3) is 0.333. The number of ether oxygens (including phenoxy) is 1. The van der Waals surface area contributed by atoms with Crippen molar-refractivity contribution in [2.24, 2.45) is 0 Å². The van der Waals surface area contributed by atoms with Crippen molar-refractivity contribution in [2.45, 2.75) is 38.4 Å². The normalized spacial score (nSPS) is 12.3. The van der Waals surface area contributed by atoms with Gasteiger partial charge in [0.05, 0.1) is 11.1 Å². The van der Waals surface area contributed by atoms with Crippen LogP contribution >= 0.6 is 13.5 Å². The Hall–Kier alpha value is -2.72. The van der Waals surface area contributed by atoms with Gasteiger partial charge >= 0.3 is 6.18 Å². The minimum absolute atomic E-state index is 0.